The molecule has 0 saturated carbocycles. The normalized spacial score (nSPS) is 17.4. The molecule has 0 aromatic carbocycles. The van der Waals surface area contributed by atoms with E-state index < -0.39 is 0 Å². The standard InChI is InChI=1S/C11H19N3/c1-2-8-13(7-1)9-5-6-12-14-10-3-4-11-14/h3-4,10-12H,1-2,5-9H2. The lowest BCUT2D eigenvalue weighted by Gasteiger charge is -2.14. The number of nitrogens with zero attached hydrogens (tertiary/aromatic N) is 2. The molecule has 78 valence electrons. The minimum atomic E-state index is 1.06. The molecule has 1 N–H and O–H groups in total. The van der Waals surface area contributed by atoms with Gasteiger partial charge in [-0.25, -0.2) is 0 Å². The molecule has 1 aromatic heterocycles. The summed E-state index contributed by atoms with van der Waals surface area (Å²) in [6.45, 7) is 4.92. The van der Waals surface area contributed by atoms with Crippen LogP contribution in [0.3, 0.4) is 0 Å². The Morgan fingerprint density at radius 2 is 1.79 bits per heavy atom. The summed E-state index contributed by atoms with van der Waals surface area (Å²) >= 11 is 0. The Labute approximate surface area is 85.7 Å². The van der Waals surface area contributed by atoms with Crippen LogP contribution in [0.4, 0.5) is 0 Å². The maximum Gasteiger partial charge on any atom is 0.0325 e. The molecule has 3 nitrogen and oxygen atoms in total. The fourth-order valence-electron chi connectivity index (χ4n) is 1.96. The summed E-state index contributed by atoms with van der Waals surface area (Å²) in [4.78, 5) is 2.55. The molecular formula is C11H19N3. The van der Waals surface area contributed by atoms with Gasteiger partial charge < -0.3 is 10.3 Å². The van der Waals surface area contributed by atoms with E-state index in [0.29, 0.717) is 0 Å². The molecule has 3 heteroatoms. The van der Waals surface area contributed by atoms with Crippen molar-refractivity contribution in [3.05, 3.63) is 24.5 Å². The molecule has 0 radical (unpaired) electrons. The zero-order valence-corrected chi connectivity index (χ0v) is 8.65. The molecule has 1 fully saturated rings. The number of nitrogens with one attached hydrogen (secondary N) is 1. The highest BCUT2D eigenvalue weighted by Crippen LogP contribution is 2.06. The predicted molar refractivity (Wildman–Crippen MR) is 59.0 cm³/mol. The van der Waals surface area contributed by atoms with Gasteiger partial charge in [0.2, 0.25) is 0 Å². The van der Waals surface area contributed by atoms with E-state index in [0.717, 1.165) is 6.54 Å². The molecule has 0 spiro atoms. The fraction of sp³-hybridized carbons (Fsp3) is 0.636. The fourth-order valence-corrected chi connectivity index (χ4v) is 1.96. The van der Waals surface area contributed by atoms with Gasteiger partial charge in [-0.3, -0.25) is 4.68 Å². The van der Waals surface area contributed by atoms with Gasteiger partial charge in [-0.2, -0.15) is 0 Å². The third-order valence-corrected chi connectivity index (χ3v) is 2.75. The number of likely N-dealkylation sites (tertiary alicyclic amines) is 1. The Hall–Kier alpha value is -0.960. The second kappa shape index (κ2) is 5.05. The van der Waals surface area contributed by atoms with Gasteiger partial charge in [0.15, 0.2) is 0 Å². The SMILES string of the molecule is c1ccn(NCCCN2CCCC2)c1. The highest BCUT2D eigenvalue weighted by molar-refractivity contribution is 4.92. The number of rotatable bonds is 5. The van der Waals surface area contributed by atoms with E-state index in [-0.39, 0.29) is 0 Å². The van der Waals surface area contributed by atoms with E-state index in [2.05, 4.69) is 10.3 Å². The van der Waals surface area contributed by atoms with Crippen LogP contribution >= 0.6 is 0 Å². The van der Waals surface area contributed by atoms with Crippen molar-refractivity contribution < 1.29 is 0 Å². The molecule has 0 bridgehead atoms. The second-order valence-corrected chi connectivity index (χ2v) is 3.90. The van der Waals surface area contributed by atoms with E-state index in [1.807, 2.05) is 29.2 Å². The average Bonchev–Trinajstić information content (AvgIpc) is 2.86. The van der Waals surface area contributed by atoms with Crippen molar-refractivity contribution in [2.24, 2.45) is 0 Å². The van der Waals surface area contributed by atoms with Crippen molar-refractivity contribution in [1.29, 1.82) is 0 Å². The molecule has 0 atom stereocenters. The van der Waals surface area contributed by atoms with Crippen molar-refractivity contribution in [1.82, 2.24) is 9.58 Å². The van der Waals surface area contributed by atoms with Crippen LogP contribution in [0.15, 0.2) is 24.5 Å². The second-order valence-electron chi connectivity index (χ2n) is 3.90. The molecule has 1 aromatic rings. The Balaban J connectivity index is 1.55. The van der Waals surface area contributed by atoms with Gasteiger partial charge in [0.05, 0.1) is 0 Å². The first-order chi connectivity index (χ1) is 6.95. The Kier molecular flexibility index (Phi) is 3.46. The van der Waals surface area contributed by atoms with E-state index in [1.165, 1.54) is 38.9 Å². The minimum Gasteiger partial charge on any atom is -0.326 e. The third kappa shape index (κ3) is 2.77. The molecular weight excluding hydrogens is 174 g/mol. The Morgan fingerprint density at radius 1 is 1.07 bits per heavy atom. The highest BCUT2D eigenvalue weighted by atomic mass is 15.4. The molecule has 14 heavy (non-hydrogen) atoms. The van der Waals surface area contributed by atoms with Crippen LogP contribution < -0.4 is 5.43 Å². The summed E-state index contributed by atoms with van der Waals surface area (Å²) in [7, 11) is 0. The lowest BCUT2D eigenvalue weighted by atomic mass is 10.4. The number of aromatic nitrogens is 1. The third-order valence-electron chi connectivity index (χ3n) is 2.75. The topological polar surface area (TPSA) is 20.2 Å². The lowest BCUT2D eigenvalue weighted by molar-refractivity contribution is 0.336. The molecule has 0 aliphatic carbocycles. The summed E-state index contributed by atoms with van der Waals surface area (Å²) in [5.74, 6) is 0. The van der Waals surface area contributed by atoms with Crippen molar-refractivity contribution in [2.45, 2.75) is 19.3 Å². The molecule has 2 rings (SSSR count). The van der Waals surface area contributed by atoms with Gasteiger partial charge in [-0.05, 0) is 51.0 Å². The molecule has 0 unspecified atom stereocenters. The molecule has 2 heterocycles. The van der Waals surface area contributed by atoms with E-state index in [4.69, 9.17) is 0 Å². The van der Waals surface area contributed by atoms with E-state index in [1.54, 1.807) is 0 Å². The van der Waals surface area contributed by atoms with Gasteiger partial charge >= 0.3 is 0 Å². The molecule has 0 amide bonds. The first-order valence-corrected chi connectivity index (χ1v) is 5.54. The quantitative estimate of drug-likeness (QED) is 0.715. The van der Waals surface area contributed by atoms with Crippen LogP contribution in [0.2, 0.25) is 0 Å². The summed E-state index contributed by atoms with van der Waals surface area (Å²) in [5.41, 5.74) is 3.34. The maximum atomic E-state index is 3.34. The van der Waals surface area contributed by atoms with Gasteiger partial charge in [-0.15, -0.1) is 0 Å². The van der Waals surface area contributed by atoms with Gasteiger partial charge in [0.1, 0.15) is 0 Å². The van der Waals surface area contributed by atoms with Crippen LogP contribution in [0.5, 0.6) is 0 Å². The van der Waals surface area contributed by atoms with Gasteiger partial charge in [0, 0.05) is 18.9 Å². The smallest absolute Gasteiger partial charge is 0.0325 e. The van der Waals surface area contributed by atoms with Gasteiger partial charge in [-0.1, -0.05) is 0 Å². The zero-order valence-electron chi connectivity index (χ0n) is 8.65. The molecule has 1 aliphatic rings. The summed E-state index contributed by atoms with van der Waals surface area (Å²) in [5, 5.41) is 0. The van der Waals surface area contributed by atoms with Crippen molar-refractivity contribution in [3.8, 4) is 0 Å². The molecule has 1 aliphatic heterocycles. The van der Waals surface area contributed by atoms with Crippen molar-refractivity contribution >= 4 is 0 Å². The summed E-state index contributed by atoms with van der Waals surface area (Å²) < 4.78 is 2.02. The largest absolute Gasteiger partial charge is 0.326 e. The Bertz CT molecular complexity index is 237. The van der Waals surface area contributed by atoms with E-state index >= 15 is 0 Å². The predicted octanol–water partition coefficient (Wildman–Crippen LogP) is 1.52. The first-order valence-electron chi connectivity index (χ1n) is 5.54. The summed E-state index contributed by atoms with van der Waals surface area (Å²) in [6.07, 6.45) is 8.10. The van der Waals surface area contributed by atoms with E-state index in [9.17, 15) is 0 Å². The molecule has 1 saturated heterocycles. The summed E-state index contributed by atoms with van der Waals surface area (Å²) in [6, 6.07) is 4.07. The van der Waals surface area contributed by atoms with Gasteiger partial charge in [0.25, 0.3) is 0 Å². The van der Waals surface area contributed by atoms with Crippen LogP contribution in [0.1, 0.15) is 19.3 Å². The van der Waals surface area contributed by atoms with Crippen LogP contribution in [0.25, 0.3) is 0 Å². The number of hydrogen-bond donors (Lipinski definition) is 1. The monoisotopic (exact) mass is 193 g/mol. The minimum absolute atomic E-state index is 1.06. The lowest BCUT2D eigenvalue weighted by Crippen LogP contribution is -2.24. The average molecular weight is 193 g/mol. The van der Waals surface area contributed by atoms with Crippen LogP contribution in [0, 0.1) is 0 Å². The van der Waals surface area contributed by atoms with Crippen LogP contribution in [-0.2, 0) is 0 Å². The van der Waals surface area contributed by atoms with Crippen molar-refractivity contribution in [3.63, 3.8) is 0 Å². The van der Waals surface area contributed by atoms with Crippen LogP contribution in [-0.4, -0.2) is 35.8 Å². The highest BCUT2D eigenvalue weighted by Gasteiger charge is 2.09. The maximum absolute atomic E-state index is 3.34. The zero-order chi connectivity index (χ0) is 9.64. The first kappa shape index (κ1) is 9.59. The Morgan fingerprint density at radius 3 is 2.50 bits per heavy atom. The number of hydrogen-bond acceptors (Lipinski definition) is 2. The van der Waals surface area contributed by atoms with Crippen molar-refractivity contribution in [2.75, 3.05) is 31.6 Å².